The van der Waals surface area contributed by atoms with Gasteiger partial charge in [-0.15, -0.1) is 0 Å². The SMILES string of the molecule is COc1ccc(C(=O)NNC(=O)c2oc3c(c2C)/C(=N/NC(=O)c2ccc(F)cc2)CCC3)cc1. The third kappa shape index (κ3) is 5.21. The van der Waals surface area contributed by atoms with Crippen molar-refractivity contribution in [1.82, 2.24) is 16.3 Å². The van der Waals surface area contributed by atoms with Crippen molar-refractivity contribution in [2.75, 3.05) is 7.11 Å². The van der Waals surface area contributed by atoms with Gasteiger partial charge in [0.05, 0.1) is 12.8 Å². The maximum absolute atomic E-state index is 13.1. The van der Waals surface area contributed by atoms with E-state index < -0.39 is 23.5 Å². The Labute approximate surface area is 200 Å². The predicted octanol–water partition coefficient (Wildman–Crippen LogP) is 3.28. The molecule has 0 unspecified atom stereocenters. The summed E-state index contributed by atoms with van der Waals surface area (Å²) in [5.74, 6) is -0.808. The lowest BCUT2D eigenvalue weighted by atomic mass is 9.93. The van der Waals surface area contributed by atoms with Gasteiger partial charge in [-0.3, -0.25) is 25.2 Å². The Hall–Kier alpha value is -4.47. The number of fused-ring (bicyclic) bond motifs is 1. The Balaban J connectivity index is 1.45. The third-order valence-electron chi connectivity index (χ3n) is 5.57. The molecule has 4 rings (SSSR count). The van der Waals surface area contributed by atoms with E-state index in [1.165, 1.54) is 31.4 Å². The van der Waals surface area contributed by atoms with E-state index in [2.05, 4.69) is 21.4 Å². The van der Waals surface area contributed by atoms with Crippen molar-refractivity contribution in [3.63, 3.8) is 0 Å². The van der Waals surface area contributed by atoms with Crippen molar-refractivity contribution in [3.05, 3.63) is 88.1 Å². The first-order valence-electron chi connectivity index (χ1n) is 10.9. The molecule has 1 aliphatic rings. The summed E-state index contributed by atoms with van der Waals surface area (Å²) in [6, 6.07) is 11.5. The maximum Gasteiger partial charge on any atom is 0.305 e. The maximum atomic E-state index is 13.1. The molecule has 1 heterocycles. The molecular formula is C25H23FN4O5. The molecule has 1 aromatic heterocycles. The van der Waals surface area contributed by atoms with Crippen molar-refractivity contribution in [3.8, 4) is 5.75 Å². The minimum Gasteiger partial charge on any atom is -0.497 e. The molecule has 0 saturated carbocycles. The lowest BCUT2D eigenvalue weighted by Crippen LogP contribution is -2.41. The van der Waals surface area contributed by atoms with E-state index in [0.29, 0.717) is 46.8 Å². The number of benzene rings is 2. The summed E-state index contributed by atoms with van der Waals surface area (Å²) in [5.41, 5.74) is 9.59. The van der Waals surface area contributed by atoms with Crippen LogP contribution in [0.15, 0.2) is 58.0 Å². The van der Waals surface area contributed by atoms with Gasteiger partial charge in [0, 0.05) is 28.7 Å². The molecule has 3 N–H and O–H groups in total. The van der Waals surface area contributed by atoms with Gasteiger partial charge in [-0.1, -0.05) is 0 Å². The molecule has 0 fully saturated rings. The number of hydrogen-bond acceptors (Lipinski definition) is 6. The number of halogens is 1. The molecule has 0 saturated heterocycles. The molecule has 0 aliphatic heterocycles. The van der Waals surface area contributed by atoms with Gasteiger partial charge in [0.1, 0.15) is 17.3 Å². The summed E-state index contributed by atoms with van der Waals surface area (Å²) in [4.78, 5) is 37.4. The molecule has 0 spiro atoms. The first-order valence-corrected chi connectivity index (χ1v) is 10.9. The van der Waals surface area contributed by atoms with E-state index in [0.717, 1.165) is 6.42 Å². The number of methoxy groups -OCH3 is 1. The van der Waals surface area contributed by atoms with E-state index in [1.807, 2.05) is 0 Å². The van der Waals surface area contributed by atoms with E-state index >= 15 is 0 Å². The molecule has 2 aromatic carbocycles. The van der Waals surface area contributed by atoms with Gasteiger partial charge in [0.25, 0.3) is 11.8 Å². The molecule has 0 radical (unpaired) electrons. The highest BCUT2D eigenvalue weighted by Gasteiger charge is 2.28. The largest absolute Gasteiger partial charge is 0.497 e. The Bertz CT molecular complexity index is 1300. The van der Waals surface area contributed by atoms with Crippen LogP contribution >= 0.6 is 0 Å². The van der Waals surface area contributed by atoms with E-state index in [1.54, 1.807) is 31.2 Å². The second kappa shape index (κ2) is 10.2. The molecular weight excluding hydrogens is 455 g/mol. The molecule has 10 heteroatoms. The van der Waals surface area contributed by atoms with Gasteiger partial charge < -0.3 is 9.15 Å². The minimum atomic E-state index is -0.617. The van der Waals surface area contributed by atoms with Crippen LogP contribution in [0.25, 0.3) is 0 Å². The summed E-state index contributed by atoms with van der Waals surface area (Å²) in [6.07, 6.45) is 1.90. The zero-order valence-electron chi connectivity index (χ0n) is 19.1. The van der Waals surface area contributed by atoms with Crippen LogP contribution in [-0.2, 0) is 6.42 Å². The molecule has 3 amide bonds. The monoisotopic (exact) mass is 478 g/mol. The van der Waals surface area contributed by atoms with Gasteiger partial charge in [0.2, 0.25) is 0 Å². The van der Waals surface area contributed by atoms with Crippen LogP contribution in [0, 0.1) is 12.7 Å². The molecule has 3 aromatic rings. The Kier molecular flexibility index (Phi) is 6.91. The second-order valence-electron chi connectivity index (χ2n) is 7.85. The number of furan rings is 1. The van der Waals surface area contributed by atoms with Crippen LogP contribution in [-0.4, -0.2) is 30.5 Å². The lowest BCUT2D eigenvalue weighted by molar-refractivity contribution is 0.0829. The number of amides is 3. The zero-order valence-corrected chi connectivity index (χ0v) is 19.1. The number of nitrogens with one attached hydrogen (secondary N) is 3. The van der Waals surface area contributed by atoms with Crippen LogP contribution in [0.3, 0.4) is 0 Å². The highest BCUT2D eigenvalue weighted by atomic mass is 19.1. The van der Waals surface area contributed by atoms with Crippen LogP contribution < -0.4 is 21.0 Å². The van der Waals surface area contributed by atoms with Crippen LogP contribution in [0.5, 0.6) is 5.75 Å². The average molecular weight is 478 g/mol. The zero-order chi connectivity index (χ0) is 24.9. The average Bonchev–Trinajstić information content (AvgIpc) is 3.23. The van der Waals surface area contributed by atoms with E-state index in [4.69, 9.17) is 9.15 Å². The molecule has 1 aliphatic carbocycles. The number of nitrogens with zero attached hydrogens (tertiary/aromatic N) is 1. The third-order valence-corrected chi connectivity index (χ3v) is 5.57. The minimum absolute atomic E-state index is 0.0458. The predicted molar refractivity (Wildman–Crippen MR) is 125 cm³/mol. The van der Waals surface area contributed by atoms with Crippen LogP contribution in [0.4, 0.5) is 4.39 Å². The summed E-state index contributed by atoms with van der Waals surface area (Å²) in [7, 11) is 1.52. The number of hydrazine groups is 1. The van der Waals surface area contributed by atoms with Gasteiger partial charge in [-0.2, -0.15) is 5.10 Å². The Morgan fingerprint density at radius 2 is 1.54 bits per heavy atom. The van der Waals surface area contributed by atoms with Gasteiger partial charge in [-0.25, -0.2) is 9.82 Å². The number of aryl methyl sites for hydroxylation is 1. The number of ether oxygens (including phenoxy) is 1. The fourth-order valence-corrected chi connectivity index (χ4v) is 3.77. The van der Waals surface area contributed by atoms with Crippen LogP contribution in [0.1, 0.15) is 61.0 Å². The molecule has 9 nitrogen and oxygen atoms in total. The number of hydrogen-bond donors (Lipinski definition) is 3. The molecule has 0 atom stereocenters. The van der Waals surface area contributed by atoms with Crippen molar-refractivity contribution in [2.45, 2.75) is 26.2 Å². The van der Waals surface area contributed by atoms with E-state index in [9.17, 15) is 18.8 Å². The molecule has 180 valence electrons. The van der Waals surface area contributed by atoms with Crippen molar-refractivity contribution in [1.29, 1.82) is 0 Å². The van der Waals surface area contributed by atoms with E-state index in [-0.39, 0.29) is 11.3 Å². The normalized spacial score (nSPS) is 13.6. The highest BCUT2D eigenvalue weighted by molar-refractivity contribution is 6.07. The Morgan fingerprint density at radius 3 is 2.23 bits per heavy atom. The topological polar surface area (TPSA) is 122 Å². The molecule has 0 bridgehead atoms. The quantitative estimate of drug-likeness (QED) is 0.486. The van der Waals surface area contributed by atoms with Crippen molar-refractivity contribution in [2.24, 2.45) is 5.10 Å². The summed E-state index contributed by atoms with van der Waals surface area (Å²) in [5, 5.41) is 4.24. The second-order valence-corrected chi connectivity index (χ2v) is 7.85. The van der Waals surface area contributed by atoms with Crippen molar-refractivity contribution < 1.29 is 27.9 Å². The fourth-order valence-electron chi connectivity index (χ4n) is 3.77. The first kappa shape index (κ1) is 23.7. The smallest absolute Gasteiger partial charge is 0.305 e. The van der Waals surface area contributed by atoms with Gasteiger partial charge in [0.15, 0.2) is 5.76 Å². The van der Waals surface area contributed by atoms with Crippen LogP contribution in [0.2, 0.25) is 0 Å². The summed E-state index contributed by atoms with van der Waals surface area (Å²) >= 11 is 0. The molecule has 35 heavy (non-hydrogen) atoms. The Morgan fingerprint density at radius 1 is 0.914 bits per heavy atom. The van der Waals surface area contributed by atoms with Gasteiger partial charge in [-0.05, 0) is 68.3 Å². The summed E-state index contributed by atoms with van der Waals surface area (Å²) < 4.78 is 23.9. The number of carbonyl (C=O) groups excluding carboxylic acids is 3. The van der Waals surface area contributed by atoms with Crippen molar-refractivity contribution >= 4 is 23.4 Å². The number of hydrazone groups is 1. The lowest BCUT2D eigenvalue weighted by Gasteiger charge is -2.13. The first-order chi connectivity index (χ1) is 16.9. The number of rotatable bonds is 5. The standard InChI is InChI=1S/C25H23FN4O5/c1-14-21-19(27-28-23(31)15-6-10-17(26)11-7-15)4-3-5-20(21)35-22(14)25(33)30-29-24(32)16-8-12-18(34-2)13-9-16/h6-13H,3-5H2,1-2H3,(H,28,31)(H,29,32)(H,30,33)/b27-19+. The highest BCUT2D eigenvalue weighted by Crippen LogP contribution is 2.29. The fraction of sp³-hybridized carbons (Fsp3) is 0.200. The van der Waals surface area contributed by atoms with Gasteiger partial charge >= 0.3 is 5.91 Å². The summed E-state index contributed by atoms with van der Waals surface area (Å²) in [6.45, 7) is 1.71. The number of carbonyl (C=O) groups is 3.